The van der Waals surface area contributed by atoms with Crippen molar-refractivity contribution in [2.45, 2.75) is 13.3 Å². The molecule has 8 heteroatoms. The van der Waals surface area contributed by atoms with Crippen LogP contribution in [0, 0.1) is 5.82 Å². The number of hydrogen-bond donors (Lipinski definition) is 2. The highest BCUT2D eigenvalue weighted by atomic mass is 35.5. The van der Waals surface area contributed by atoms with Crippen molar-refractivity contribution in [3.8, 4) is 11.1 Å². The topological polar surface area (TPSA) is 93.8 Å². The molecule has 3 N–H and O–H groups in total. The van der Waals surface area contributed by atoms with Crippen LogP contribution in [0.15, 0.2) is 30.7 Å². The first-order chi connectivity index (χ1) is 12.0. The molecule has 0 radical (unpaired) electrons. The van der Waals surface area contributed by atoms with Crippen LogP contribution < -0.4 is 11.1 Å². The van der Waals surface area contributed by atoms with E-state index < -0.39 is 5.82 Å². The Morgan fingerprint density at radius 1 is 1.24 bits per heavy atom. The van der Waals surface area contributed by atoms with Crippen LogP contribution in [-0.2, 0) is 0 Å². The summed E-state index contributed by atoms with van der Waals surface area (Å²) in [6.45, 7) is 2.46. The molecule has 128 valence electrons. The van der Waals surface area contributed by atoms with Gasteiger partial charge in [-0.05, 0) is 18.6 Å². The van der Waals surface area contributed by atoms with Gasteiger partial charge in [-0.3, -0.25) is 4.79 Å². The number of carbonyl (C=O) groups excluding carboxylic acids is 1. The van der Waals surface area contributed by atoms with E-state index in [2.05, 4.69) is 20.5 Å². The summed E-state index contributed by atoms with van der Waals surface area (Å²) in [5, 5.41) is 11.4. The number of fused-ring (bicyclic) bond motifs is 1. The highest BCUT2D eigenvalue weighted by molar-refractivity contribution is 6.33. The highest BCUT2D eigenvalue weighted by Crippen LogP contribution is 2.36. The summed E-state index contributed by atoms with van der Waals surface area (Å²) in [5.74, 6) is -0.859. The molecule has 6 nitrogen and oxygen atoms in total. The summed E-state index contributed by atoms with van der Waals surface area (Å²) in [6.07, 6.45) is 4.92. The van der Waals surface area contributed by atoms with Crippen molar-refractivity contribution in [3.63, 3.8) is 0 Å². The number of nitrogens with one attached hydrogen (secondary N) is 1. The SMILES string of the molecule is CCCNC(=O)c1ncc2c(-c3cnncc3Cl)c(F)ccc2c1N. The average molecular weight is 360 g/mol. The van der Waals surface area contributed by atoms with Gasteiger partial charge in [-0.25, -0.2) is 9.37 Å². The number of pyridine rings is 1. The molecule has 1 aromatic carbocycles. The van der Waals surface area contributed by atoms with Gasteiger partial charge in [0.25, 0.3) is 5.91 Å². The Balaban J connectivity index is 2.21. The van der Waals surface area contributed by atoms with Crippen molar-refractivity contribution in [1.29, 1.82) is 0 Å². The van der Waals surface area contributed by atoms with Gasteiger partial charge in [0.05, 0.1) is 23.1 Å². The lowest BCUT2D eigenvalue weighted by Crippen LogP contribution is -2.26. The zero-order valence-corrected chi connectivity index (χ0v) is 14.1. The van der Waals surface area contributed by atoms with Crippen LogP contribution in [-0.4, -0.2) is 27.6 Å². The molecular weight excluding hydrogens is 345 g/mol. The third-order valence-corrected chi connectivity index (χ3v) is 4.07. The van der Waals surface area contributed by atoms with E-state index in [1.807, 2.05) is 6.92 Å². The molecule has 2 heterocycles. The predicted octanol–water partition coefficient (Wildman–Crippen LogP) is 3.21. The average Bonchev–Trinajstić information content (AvgIpc) is 2.61. The lowest BCUT2D eigenvalue weighted by atomic mass is 9.99. The number of nitrogen functional groups attached to an aromatic ring is 1. The Hall–Kier alpha value is -2.80. The number of carbonyl (C=O) groups is 1. The molecule has 2 aromatic heterocycles. The molecule has 0 saturated heterocycles. The van der Waals surface area contributed by atoms with Crippen LogP contribution in [0.2, 0.25) is 5.02 Å². The molecule has 0 atom stereocenters. The van der Waals surface area contributed by atoms with E-state index in [0.717, 1.165) is 6.42 Å². The van der Waals surface area contributed by atoms with Crippen LogP contribution >= 0.6 is 11.6 Å². The molecule has 1 amide bonds. The Labute approximate surface area is 148 Å². The van der Waals surface area contributed by atoms with E-state index in [9.17, 15) is 9.18 Å². The number of aromatic nitrogens is 3. The number of benzene rings is 1. The predicted molar refractivity (Wildman–Crippen MR) is 94.8 cm³/mol. The minimum absolute atomic E-state index is 0.109. The van der Waals surface area contributed by atoms with Crippen molar-refractivity contribution < 1.29 is 9.18 Å². The zero-order valence-electron chi connectivity index (χ0n) is 13.4. The van der Waals surface area contributed by atoms with Crippen molar-refractivity contribution in [3.05, 3.63) is 47.3 Å². The maximum absolute atomic E-state index is 14.5. The Kier molecular flexibility index (Phi) is 4.76. The number of nitrogens with zero attached hydrogens (tertiary/aromatic N) is 3. The molecular formula is C17H15ClFN5O. The Bertz CT molecular complexity index is 963. The van der Waals surface area contributed by atoms with Gasteiger partial charge in [0, 0.05) is 34.6 Å². The summed E-state index contributed by atoms with van der Waals surface area (Å²) >= 11 is 6.12. The van der Waals surface area contributed by atoms with E-state index >= 15 is 0 Å². The third kappa shape index (κ3) is 3.10. The highest BCUT2D eigenvalue weighted by Gasteiger charge is 2.19. The van der Waals surface area contributed by atoms with Crippen LogP contribution in [0.5, 0.6) is 0 Å². The Morgan fingerprint density at radius 3 is 2.72 bits per heavy atom. The fourth-order valence-electron chi connectivity index (χ4n) is 2.56. The second-order valence-corrected chi connectivity index (χ2v) is 5.82. The molecule has 3 aromatic rings. The van der Waals surface area contributed by atoms with Crippen LogP contribution in [0.4, 0.5) is 10.1 Å². The van der Waals surface area contributed by atoms with E-state index in [4.69, 9.17) is 17.3 Å². The fraction of sp³-hybridized carbons (Fsp3) is 0.176. The molecule has 0 fully saturated rings. The number of amides is 1. The van der Waals surface area contributed by atoms with Gasteiger partial charge in [-0.15, -0.1) is 0 Å². The van der Waals surface area contributed by atoms with Gasteiger partial charge in [0.2, 0.25) is 0 Å². The molecule has 0 unspecified atom stereocenters. The second-order valence-electron chi connectivity index (χ2n) is 5.41. The van der Waals surface area contributed by atoms with Gasteiger partial charge in [0.1, 0.15) is 5.82 Å². The minimum atomic E-state index is -0.494. The quantitative estimate of drug-likeness (QED) is 0.746. The molecule has 0 bridgehead atoms. The van der Waals surface area contributed by atoms with Crippen LogP contribution in [0.25, 0.3) is 21.9 Å². The number of anilines is 1. The first kappa shape index (κ1) is 17.0. The lowest BCUT2D eigenvalue weighted by molar-refractivity contribution is 0.0950. The van der Waals surface area contributed by atoms with Gasteiger partial charge < -0.3 is 11.1 Å². The molecule has 0 spiro atoms. The molecule has 3 rings (SSSR count). The van der Waals surface area contributed by atoms with Gasteiger partial charge in [0.15, 0.2) is 5.69 Å². The van der Waals surface area contributed by atoms with E-state index in [0.29, 0.717) is 22.9 Å². The van der Waals surface area contributed by atoms with Crippen LogP contribution in [0.1, 0.15) is 23.8 Å². The molecule has 0 saturated carbocycles. The lowest BCUT2D eigenvalue weighted by Gasteiger charge is -2.13. The monoisotopic (exact) mass is 359 g/mol. The molecule has 0 aliphatic heterocycles. The van der Waals surface area contributed by atoms with Crippen LogP contribution in [0.3, 0.4) is 0 Å². The summed E-state index contributed by atoms with van der Waals surface area (Å²) in [5.41, 5.74) is 7.01. The number of hydrogen-bond acceptors (Lipinski definition) is 5. The van der Waals surface area contributed by atoms with Crippen molar-refractivity contribution in [2.75, 3.05) is 12.3 Å². The maximum atomic E-state index is 14.5. The number of rotatable bonds is 4. The first-order valence-electron chi connectivity index (χ1n) is 7.66. The second kappa shape index (κ2) is 6.98. The summed E-state index contributed by atoms with van der Waals surface area (Å²) in [7, 11) is 0. The molecule has 25 heavy (non-hydrogen) atoms. The zero-order chi connectivity index (χ0) is 18.0. The van der Waals surface area contributed by atoms with Crippen molar-refractivity contribution >= 4 is 34.0 Å². The van der Waals surface area contributed by atoms with Gasteiger partial charge in [-0.2, -0.15) is 10.2 Å². The Morgan fingerprint density at radius 2 is 2.00 bits per heavy atom. The van der Waals surface area contributed by atoms with Crippen molar-refractivity contribution in [2.24, 2.45) is 0 Å². The normalized spacial score (nSPS) is 10.8. The molecule has 0 aliphatic carbocycles. The largest absolute Gasteiger partial charge is 0.396 e. The van der Waals surface area contributed by atoms with E-state index in [1.165, 1.54) is 30.7 Å². The standard InChI is InChI=1S/C17H15ClFN5O/c1-2-5-21-17(25)16-15(20)9-3-4-13(19)14(10(9)6-22-16)11-7-23-24-8-12(11)18/h3-4,6-8H,2,5,20H2,1H3,(H,21,25). The maximum Gasteiger partial charge on any atom is 0.272 e. The smallest absolute Gasteiger partial charge is 0.272 e. The minimum Gasteiger partial charge on any atom is -0.396 e. The number of halogens is 2. The number of nitrogens with two attached hydrogens (primary N) is 1. The first-order valence-corrected chi connectivity index (χ1v) is 8.03. The summed E-state index contributed by atoms with van der Waals surface area (Å²) in [6, 6.07) is 2.79. The van der Waals surface area contributed by atoms with Gasteiger partial charge in [-0.1, -0.05) is 18.5 Å². The van der Waals surface area contributed by atoms with Crippen molar-refractivity contribution in [1.82, 2.24) is 20.5 Å². The third-order valence-electron chi connectivity index (χ3n) is 3.76. The summed E-state index contributed by atoms with van der Waals surface area (Å²) < 4.78 is 14.5. The molecule has 0 aliphatic rings. The van der Waals surface area contributed by atoms with Gasteiger partial charge >= 0.3 is 0 Å². The van der Waals surface area contributed by atoms with E-state index in [-0.39, 0.29) is 27.9 Å². The summed E-state index contributed by atoms with van der Waals surface area (Å²) in [4.78, 5) is 16.3. The fourth-order valence-corrected chi connectivity index (χ4v) is 2.74. The van der Waals surface area contributed by atoms with E-state index in [1.54, 1.807) is 0 Å².